The molecule has 2 rings (SSSR count). The molecule has 0 aromatic carbocycles. The highest BCUT2D eigenvalue weighted by molar-refractivity contribution is 5.79. The van der Waals surface area contributed by atoms with Crippen LogP contribution in [0.15, 0.2) is 4.99 Å². The highest BCUT2D eigenvalue weighted by Crippen LogP contribution is 2.36. The van der Waals surface area contributed by atoms with Crippen LogP contribution in [0.3, 0.4) is 0 Å². The SMILES string of the molecule is CCNC(=NCC1(C)CCCCC1O)NCCN1CCCCC1. The fourth-order valence-corrected chi connectivity index (χ4v) is 3.68. The Morgan fingerprint density at radius 3 is 2.65 bits per heavy atom. The summed E-state index contributed by atoms with van der Waals surface area (Å²) in [5, 5.41) is 17.1. The van der Waals surface area contributed by atoms with Crippen molar-refractivity contribution in [1.29, 1.82) is 0 Å². The van der Waals surface area contributed by atoms with Crippen LogP contribution in [0.1, 0.15) is 58.8 Å². The molecule has 0 spiro atoms. The molecular formula is C18H36N4O. The molecule has 0 bridgehead atoms. The summed E-state index contributed by atoms with van der Waals surface area (Å²) in [4.78, 5) is 7.29. The Bertz CT molecular complexity index is 368. The van der Waals surface area contributed by atoms with E-state index in [1.807, 2.05) is 0 Å². The number of hydrogen-bond donors (Lipinski definition) is 3. The number of rotatable bonds is 6. The van der Waals surface area contributed by atoms with E-state index in [1.54, 1.807) is 0 Å². The molecule has 2 aliphatic rings. The van der Waals surface area contributed by atoms with Crippen LogP contribution in [0.5, 0.6) is 0 Å². The molecule has 2 fully saturated rings. The Kier molecular flexibility index (Phi) is 7.63. The summed E-state index contributed by atoms with van der Waals surface area (Å²) < 4.78 is 0. The molecule has 134 valence electrons. The first-order valence-corrected chi connectivity index (χ1v) is 9.56. The van der Waals surface area contributed by atoms with Crippen molar-refractivity contribution in [3.8, 4) is 0 Å². The number of aliphatic hydroxyl groups excluding tert-OH is 1. The van der Waals surface area contributed by atoms with Gasteiger partial charge in [0.15, 0.2) is 5.96 Å². The second-order valence-electron chi connectivity index (χ2n) is 7.44. The van der Waals surface area contributed by atoms with Gasteiger partial charge in [0.05, 0.1) is 12.6 Å². The van der Waals surface area contributed by atoms with Crippen LogP contribution in [0.25, 0.3) is 0 Å². The van der Waals surface area contributed by atoms with Crippen molar-refractivity contribution in [2.45, 2.75) is 64.9 Å². The zero-order valence-corrected chi connectivity index (χ0v) is 15.1. The molecule has 1 aliphatic heterocycles. The third kappa shape index (κ3) is 5.96. The maximum atomic E-state index is 10.3. The largest absolute Gasteiger partial charge is 0.392 e. The Labute approximate surface area is 141 Å². The number of aliphatic imine (C=N–C) groups is 1. The number of nitrogens with one attached hydrogen (secondary N) is 2. The molecule has 2 atom stereocenters. The maximum Gasteiger partial charge on any atom is 0.191 e. The Balaban J connectivity index is 1.79. The van der Waals surface area contributed by atoms with Gasteiger partial charge in [0.2, 0.25) is 0 Å². The summed E-state index contributed by atoms with van der Waals surface area (Å²) in [6, 6.07) is 0. The van der Waals surface area contributed by atoms with E-state index in [9.17, 15) is 5.11 Å². The van der Waals surface area contributed by atoms with Gasteiger partial charge in [-0.25, -0.2) is 0 Å². The van der Waals surface area contributed by atoms with E-state index in [4.69, 9.17) is 4.99 Å². The molecule has 23 heavy (non-hydrogen) atoms. The van der Waals surface area contributed by atoms with Gasteiger partial charge in [-0.15, -0.1) is 0 Å². The van der Waals surface area contributed by atoms with Crippen molar-refractivity contribution in [3.63, 3.8) is 0 Å². The standard InChI is InChI=1S/C18H36N4O/c1-3-19-17(20-11-14-22-12-7-4-8-13-22)21-15-18(2)10-6-5-9-16(18)23/h16,23H,3-15H2,1-2H3,(H2,19,20,21). The van der Waals surface area contributed by atoms with Crippen molar-refractivity contribution in [2.75, 3.05) is 39.3 Å². The number of piperidine rings is 1. The molecule has 0 amide bonds. The molecular weight excluding hydrogens is 288 g/mol. The van der Waals surface area contributed by atoms with Gasteiger partial charge in [0.25, 0.3) is 0 Å². The van der Waals surface area contributed by atoms with E-state index in [-0.39, 0.29) is 11.5 Å². The van der Waals surface area contributed by atoms with Crippen molar-refractivity contribution in [1.82, 2.24) is 15.5 Å². The van der Waals surface area contributed by atoms with Crippen LogP contribution in [0.2, 0.25) is 0 Å². The molecule has 0 aromatic heterocycles. The van der Waals surface area contributed by atoms with E-state index in [0.29, 0.717) is 6.54 Å². The lowest BCUT2D eigenvalue weighted by Crippen LogP contribution is -2.44. The third-order valence-corrected chi connectivity index (χ3v) is 5.39. The fourth-order valence-electron chi connectivity index (χ4n) is 3.68. The number of nitrogens with zero attached hydrogens (tertiary/aromatic N) is 2. The van der Waals surface area contributed by atoms with E-state index >= 15 is 0 Å². The fraction of sp³-hybridized carbons (Fsp3) is 0.944. The first-order chi connectivity index (χ1) is 11.1. The average molecular weight is 325 g/mol. The number of likely N-dealkylation sites (tertiary alicyclic amines) is 1. The zero-order chi connectivity index (χ0) is 16.5. The second kappa shape index (κ2) is 9.48. The minimum absolute atomic E-state index is 0.0620. The Morgan fingerprint density at radius 1 is 1.17 bits per heavy atom. The molecule has 1 heterocycles. The van der Waals surface area contributed by atoms with Crippen molar-refractivity contribution in [3.05, 3.63) is 0 Å². The van der Waals surface area contributed by atoms with Crippen LogP contribution in [-0.2, 0) is 0 Å². The number of aliphatic hydroxyl groups is 1. The van der Waals surface area contributed by atoms with E-state index in [2.05, 4.69) is 29.4 Å². The number of hydrogen-bond acceptors (Lipinski definition) is 3. The minimum Gasteiger partial charge on any atom is -0.392 e. The molecule has 0 aromatic rings. The van der Waals surface area contributed by atoms with Gasteiger partial charge in [0, 0.05) is 25.0 Å². The zero-order valence-electron chi connectivity index (χ0n) is 15.1. The Morgan fingerprint density at radius 2 is 1.96 bits per heavy atom. The van der Waals surface area contributed by atoms with Crippen LogP contribution < -0.4 is 10.6 Å². The topological polar surface area (TPSA) is 59.9 Å². The highest BCUT2D eigenvalue weighted by Gasteiger charge is 2.35. The van der Waals surface area contributed by atoms with Gasteiger partial charge in [-0.05, 0) is 45.7 Å². The summed E-state index contributed by atoms with van der Waals surface area (Å²) in [7, 11) is 0. The van der Waals surface area contributed by atoms with Crippen molar-refractivity contribution >= 4 is 5.96 Å². The normalized spacial score (nSPS) is 30.2. The van der Waals surface area contributed by atoms with Gasteiger partial charge in [-0.3, -0.25) is 4.99 Å². The second-order valence-corrected chi connectivity index (χ2v) is 7.44. The molecule has 3 N–H and O–H groups in total. The van der Waals surface area contributed by atoms with Gasteiger partial charge in [-0.1, -0.05) is 26.2 Å². The van der Waals surface area contributed by atoms with Crippen LogP contribution in [0.4, 0.5) is 0 Å². The predicted octanol–water partition coefficient (Wildman–Crippen LogP) is 1.97. The van der Waals surface area contributed by atoms with E-state index in [1.165, 1.54) is 38.8 Å². The summed E-state index contributed by atoms with van der Waals surface area (Å²) in [6.45, 7) is 10.3. The molecule has 5 heteroatoms. The molecule has 0 radical (unpaired) electrons. The van der Waals surface area contributed by atoms with Crippen molar-refractivity contribution in [2.24, 2.45) is 10.4 Å². The summed E-state index contributed by atoms with van der Waals surface area (Å²) in [5.41, 5.74) is -0.0620. The van der Waals surface area contributed by atoms with E-state index in [0.717, 1.165) is 44.9 Å². The van der Waals surface area contributed by atoms with Gasteiger partial charge >= 0.3 is 0 Å². The third-order valence-electron chi connectivity index (χ3n) is 5.39. The van der Waals surface area contributed by atoms with Gasteiger partial charge < -0.3 is 20.6 Å². The lowest BCUT2D eigenvalue weighted by molar-refractivity contribution is 0.00716. The first-order valence-electron chi connectivity index (χ1n) is 9.56. The minimum atomic E-state index is -0.212. The molecule has 1 aliphatic carbocycles. The molecule has 1 saturated carbocycles. The molecule has 1 saturated heterocycles. The smallest absolute Gasteiger partial charge is 0.191 e. The van der Waals surface area contributed by atoms with Gasteiger partial charge in [0.1, 0.15) is 0 Å². The lowest BCUT2D eigenvalue weighted by Gasteiger charge is -2.37. The van der Waals surface area contributed by atoms with Crippen molar-refractivity contribution < 1.29 is 5.11 Å². The average Bonchev–Trinajstić information content (AvgIpc) is 2.57. The van der Waals surface area contributed by atoms with E-state index < -0.39 is 0 Å². The maximum absolute atomic E-state index is 10.3. The quantitative estimate of drug-likeness (QED) is 0.516. The molecule has 2 unspecified atom stereocenters. The number of guanidine groups is 1. The first kappa shape index (κ1) is 18.5. The summed E-state index contributed by atoms with van der Waals surface area (Å²) in [5.74, 6) is 0.892. The predicted molar refractivity (Wildman–Crippen MR) is 96.9 cm³/mol. The van der Waals surface area contributed by atoms with Crippen LogP contribution in [-0.4, -0.2) is 61.3 Å². The Hall–Kier alpha value is -0.810. The van der Waals surface area contributed by atoms with Crippen LogP contribution >= 0.6 is 0 Å². The monoisotopic (exact) mass is 324 g/mol. The summed E-state index contributed by atoms with van der Waals surface area (Å²) >= 11 is 0. The van der Waals surface area contributed by atoms with Crippen LogP contribution in [0, 0.1) is 5.41 Å². The lowest BCUT2D eigenvalue weighted by atomic mass is 9.73. The van der Waals surface area contributed by atoms with Gasteiger partial charge in [-0.2, -0.15) is 0 Å². The molecule has 5 nitrogen and oxygen atoms in total. The summed E-state index contributed by atoms with van der Waals surface area (Å²) in [6.07, 6.45) is 8.20. The highest BCUT2D eigenvalue weighted by atomic mass is 16.3.